The van der Waals surface area contributed by atoms with Crippen molar-refractivity contribution in [3.63, 3.8) is 0 Å². The molecule has 0 radical (unpaired) electrons. The third-order valence-electron chi connectivity index (χ3n) is 2.86. The standard InChI is InChI=1S/C15H10N2O/c18-10-12-7-4-8-14-13(12)9-15(17-16-14)11-5-2-1-3-6-11/h1-10H. The highest BCUT2D eigenvalue weighted by molar-refractivity contribution is 5.97. The van der Waals surface area contributed by atoms with Crippen molar-refractivity contribution in [2.75, 3.05) is 0 Å². The van der Waals surface area contributed by atoms with Gasteiger partial charge in [0.15, 0.2) is 6.29 Å². The first kappa shape index (κ1) is 10.6. The first-order valence-corrected chi connectivity index (χ1v) is 5.65. The summed E-state index contributed by atoms with van der Waals surface area (Å²) in [4.78, 5) is 11.0. The van der Waals surface area contributed by atoms with Gasteiger partial charge in [-0.25, -0.2) is 0 Å². The maximum absolute atomic E-state index is 11.0. The number of hydrogen-bond acceptors (Lipinski definition) is 3. The van der Waals surface area contributed by atoms with Crippen molar-refractivity contribution in [3.05, 3.63) is 60.2 Å². The summed E-state index contributed by atoms with van der Waals surface area (Å²) in [6.45, 7) is 0. The molecule has 0 aliphatic carbocycles. The average Bonchev–Trinajstić information content (AvgIpc) is 2.47. The van der Waals surface area contributed by atoms with E-state index in [4.69, 9.17) is 0 Å². The van der Waals surface area contributed by atoms with Crippen molar-refractivity contribution in [1.82, 2.24) is 10.2 Å². The maximum atomic E-state index is 11.0. The molecule has 0 bridgehead atoms. The van der Waals surface area contributed by atoms with Gasteiger partial charge in [0.1, 0.15) is 0 Å². The van der Waals surface area contributed by atoms with E-state index in [1.54, 1.807) is 6.07 Å². The zero-order valence-electron chi connectivity index (χ0n) is 9.58. The van der Waals surface area contributed by atoms with E-state index >= 15 is 0 Å². The molecule has 18 heavy (non-hydrogen) atoms. The van der Waals surface area contributed by atoms with Crippen molar-refractivity contribution < 1.29 is 4.79 Å². The van der Waals surface area contributed by atoms with Crippen LogP contribution in [0.3, 0.4) is 0 Å². The van der Waals surface area contributed by atoms with Gasteiger partial charge in [-0.05, 0) is 12.1 Å². The molecule has 0 atom stereocenters. The molecule has 3 nitrogen and oxygen atoms in total. The predicted molar refractivity (Wildman–Crippen MR) is 70.4 cm³/mol. The summed E-state index contributed by atoms with van der Waals surface area (Å²) in [5.74, 6) is 0. The van der Waals surface area contributed by atoms with Crippen molar-refractivity contribution >= 4 is 17.2 Å². The number of fused-ring (bicyclic) bond motifs is 1. The minimum absolute atomic E-state index is 0.639. The molecule has 2 aromatic carbocycles. The number of aromatic nitrogens is 2. The van der Waals surface area contributed by atoms with Crippen LogP contribution < -0.4 is 0 Å². The molecule has 3 aromatic rings. The lowest BCUT2D eigenvalue weighted by molar-refractivity contribution is 0.112. The van der Waals surface area contributed by atoms with Crippen molar-refractivity contribution in [3.8, 4) is 11.3 Å². The van der Waals surface area contributed by atoms with Crippen LogP contribution in [0.2, 0.25) is 0 Å². The molecule has 1 heterocycles. The van der Waals surface area contributed by atoms with Gasteiger partial charge in [0.2, 0.25) is 0 Å². The summed E-state index contributed by atoms with van der Waals surface area (Å²) in [6, 6.07) is 17.1. The van der Waals surface area contributed by atoms with E-state index in [1.807, 2.05) is 48.5 Å². The Labute approximate surface area is 104 Å². The molecule has 0 spiro atoms. The highest BCUT2D eigenvalue weighted by atomic mass is 16.1. The van der Waals surface area contributed by atoms with Crippen LogP contribution in [-0.4, -0.2) is 16.5 Å². The lowest BCUT2D eigenvalue weighted by Crippen LogP contribution is -1.92. The summed E-state index contributed by atoms with van der Waals surface area (Å²) >= 11 is 0. The van der Waals surface area contributed by atoms with Gasteiger partial charge in [-0.3, -0.25) is 4.79 Å². The van der Waals surface area contributed by atoms with Crippen LogP contribution in [0, 0.1) is 0 Å². The molecule has 86 valence electrons. The molecule has 0 fully saturated rings. The van der Waals surface area contributed by atoms with E-state index < -0.39 is 0 Å². The third-order valence-corrected chi connectivity index (χ3v) is 2.86. The molecular weight excluding hydrogens is 224 g/mol. The fourth-order valence-electron chi connectivity index (χ4n) is 1.94. The van der Waals surface area contributed by atoms with Crippen molar-refractivity contribution in [2.24, 2.45) is 0 Å². The van der Waals surface area contributed by atoms with Gasteiger partial charge in [0, 0.05) is 16.5 Å². The minimum Gasteiger partial charge on any atom is -0.298 e. The van der Waals surface area contributed by atoms with Gasteiger partial charge >= 0.3 is 0 Å². The zero-order chi connectivity index (χ0) is 12.4. The first-order chi connectivity index (χ1) is 8.88. The number of hydrogen-bond donors (Lipinski definition) is 0. The number of nitrogens with zero attached hydrogens (tertiary/aromatic N) is 2. The second-order valence-electron chi connectivity index (χ2n) is 3.99. The quantitative estimate of drug-likeness (QED) is 0.640. The Bertz CT molecular complexity index is 708. The Hall–Kier alpha value is -2.55. The monoisotopic (exact) mass is 234 g/mol. The predicted octanol–water partition coefficient (Wildman–Crippen LogP) is 3.11. The smallest absolute Gasteiger partial charge is 0.150 e. The molecule has 0 aliphatic rings. The minimum atomic E-state index is 0.639. The van der Waals surface area contributed by atoms with Crippen molar-refractivity contribution in [1.29, 1.82) is 0 Å². The zero-order valence-corrected chi connectivity index (χ0v) is 9.58. The second kappa shape index (κ2) is 4.37. The molecule has 0 amide bonds. The number of rotatable bonds is 2. The van der Waals surface area contributed by atoms with E-state index in [9.17, 15) is 4.79 Å². The first-order valence-electron chi connectivity index (χ1n) is 5.65. The average molecular weight is 234 g/mol. The van der Waals surface area contributed by atoms with Gasteiger partial charge in [0.25, 0.3) is 0 Å². The molecule has 0 N–H and O–H groups in total. The van der Waals surface area contributed by atoms with Crippen LogP contribution in [0.15, 0.2) is 54.6 Å². The molecule has 0 saturated heterocycles. The van der Waals surface area contributed by atoms with Crippen LogP contribution in [0.25, 0.3) is 22.2 Å². The van der Waals surface area contributed by atoms with Crippen LogP contribution in [0.1, 0.15) is 10.4 Å². The summed E-state index contributed by atoms with van der Waals surface area (Å²) in [7, 11) is 0. The molecule has 0 unspecified atom stereocenters. The van der Waals surface area contributed by atoms with E-state index in [1.165, 1.54) is 0 Å². The summed E-state index contributed by atoms with van der Waals surface area (Å²) < 4.78 is 0. The second-order valence-corrected chi connectivity index (χ2v) is 3.99. The SMILES string of the molecule is O=Cc1cccc2nnc(-c3ccccc3)cc12. The lowest BCUT2D eigenvalue weighted by Gasteiger charge is -2.03. The largest absolute Gasteiger partial charge is 0.298 e. The summed E-state index contributed by atoms with van der Waals surface area (Å²) in [6.07, 6.45) is 0.846. The molecule has 0 saturated carbocycles. The van der Waals surface area contributed by atoms with Gasteiger partial charge in [-0.1, -0.05) is 42.5 Å². The Morgan fingerprint density at radius 3 is 2.50 bits per heavy atom. The van der Waals surface area contributed by atoms with Gasteiger partial charge < -0.3 is 0 Å². The number of benzene rings is 2. The Morgan fingerprint density at radius 1 is 0.889 bits per heavy atom. The Morgan fingerprint density at radius 2 is 1.72 bits per heavy atom. The summed E-state index contributed by atoms with van der Waals surface area (Å²) in [5, 5.41) is 9.18. The van der Waals surface area contributed by atoms with Gasteiger partial charge in [-0.2, -0.15) is 0 Å². The van der Waals surface area contributed by atoms with E-state index in [-0.39, 0.29) is 0 Å². The van der Waals surface area contributed by atoms with Crippen LogP contribution in [0.4, 0.5) is 0 Å². The third kappa shape index (κ3) is 1.76. The fraction of sp³-hybridized carbons (Fsp3) is 0. The highest BCUT2D eigenvalue weighted by Crippen LogP contribution is 2.21. The molecule has 3 heteroatoms. The Kier molecular flexibility index (Phi) is 2.57. The lowest BCUT2D eigenvalue weighted by atomic mass is 10.1. The number of carbonyl (C=O) groups is 1. The maximum Gasteiger partial charge on any atom is 0.150 e. The van der Waals surface area contributed by atoms with E-state index in [0.717, 1.165) is 28.4 Å². The van der Waals surface area contributed by atoms with Gasteiger partial charge in [-0.15, -0.1) is 10.2 Å². The molecule has 0 aliphatic heterocycles. The van der Waals surface area contributed by atoms with E-state index in [2.05, 4.69) is 10.2 Å². The van der Waals surface area contributed by atoms with Crippen molar-refractivity contribution in [2.45, 2.75) is 0 Å². The molecular formula is C15H10N2O. The normalized spacial score (nSPS) is 10.4. The van der Waals surface area contributed by atoms with Gasteiger partial charge in [0.05, 0.1) is 11.2 Å². The molecule has 3 rings (SSSR count). The van der Waals surface area contributed by atoms with E-state index in [0.29, 0.717) is 5.56 Å². The Balaban J connectivity index is 2.25. The topological polar surface area (TPSA) is 42.9 Å². The highest BCUT2D eigenvalue weighted by Gasteiger charge is 2.05. The van der Waals surface area contributed by atoms with Crippen LogP contribution in [-0.2, 0) is 0 Å². The number of carbonyl (C=O) groups excluding carboxylic acids is 1. The molecule has 1 aromatic heterocycles. The number of aldehydes is 1. The van der Waals surface area contributed by atoms with Crippen LogP contribution in [0.5, 0.6) is 0 Å². The van der Waals surface area contributed by atoms with Crippen LogP contribution >= 0.6 is 0 Å². The fourth-order valence-corrected chi connectivity index (χ4v) is 1.94. The summed E-state index contributed by atoms with van der Waals surface area (Å²) in [5.41, 5.74) is 3.14.